The average Bonchev–Trinajstić information content (AvgIpc) is 2.40. The number of hydrogen-bond acceptors (Lipinski definition) is 3. The van der Waals surface area contributed by atoms with Crippen LogP contribution in [0, 0.1) is 0 Å². The fourth-order valence-electron chi connectivity index (χ4n) is 1.71. The molecule has 0 aliphatic carbocycles. The lowest BCUT2D eigenvalue weighted by Gasteiger charge is -2.18. The highest BCUT2D eigenvalue weighted by Gasteiger charge is 2.46. The quantitative estimate of drug-likeness (QED) is 0.720. The highest BCUT2D eigenvalue weighted by Crippen LogP contribution is 2.39. The molecular formula is C10H8ClNO4. The molecule has 1 amide bonds. The van der Waals surface area contributed by atoms with Crippen molar-refractivity contribution in [2.24, 2.45) is 0 Å². The van der Waals surface area contributed by atoms with Gasteiger partial charge in [0.2, 0.25) is 0 Å². The second kappa shape index (κ2) is 3.47. The molecule has 16 heavy (non-hydrogen) atoms. The smallest absolute Gasteiger partial charge is 0.307 e. The zero-order chi connectivity index (χ0) is 11.9. The Hall–Kier alpha value is -1.59. The molecule has 3 N–H and O–H groups in total. The standard InChI is InChI=1S/C10H8ClNO4/c11-5-1-2-7-6(3-5)10(16,4-8(13)14)9(15)12-7/h1-3,16H,4H2,(H,12,15)(H,13,14). The molecule has 5 nitrogen and oxygen atoms in total. The van der Waals surface area contributed by atoms with Crippen molar-refractivity contribution in [1.82, 2.24) is 0 Å². The predicted molar refractivity (Wildman–Crippen MR) is 56.2 cm³/mol. The lowest BCUT2D eigenvalue weighted by molar-refractivity contribution is -0.149. The molecule has 0 aromatic heterocycles. The number of rotatable bonds is 2. The Balaban J connectivity index is 2.53. The van der Waals surface area contributed by atoms with Gasteiger partial charge in [0.15, 0.2) is 5.60 Å². The zero-order valence-electron chi connectivity index (χ0n) is 8.03. The van der Waals surface area contributed by atoms with E-state index >= 15 is 0 Å². The first-order chi connectivity index (χ1) is 7.43. The van der Waals surface area contributed by atoms with Gasteiger partial charge in [-0.3, -0.25) is 9.59 Å². The third-order valence-corrected chi connectivity index (χ3v) is 2.69. The van der Waals surface area contributed by atoms with E-state index in [9.17, 15) is 14.7 Å². The van der Waals surface area contributed by atoms with Crippen LogP contribution in [-0.4, -0.2) is 22.1 Å². The van der Waals surface area contributed by atoms with E-state index in [1.165, 1.54) is 12.1 Å². The van der Waals surface area contributed by atoms with Crippen molar-refractivity contribution in [3.8, 4) is 0 Å². The largest absolute Gasteiger partial charge is 0.481 e. The Bertz CT molecular complexity index is 488. The SMILES string of the molecule is O=C(O)CC1(O)C(=O)Nc2ccc(Cl)cc21. The van der Waals surface area contributed by atoms with Gasteiger partial charge in [0.1, 0.15) is 0 Å². The fourth-order valence-corrected chi connectivity index (χ4v) is 1.88. The molecule has 0 radical (unpaired) electrons. The van der Waals surface area contributed by atoms with Gasteiger partial charge in [-0.05, 0) is 18.2 Å². The molecule has 0 fully saturated rings. The second-order valence-corrected chi connectivity index (χ2v) is 4.01. The summed E-state index contributed by atoms with van der Waals surface area (Å²) in [4.78, 5) is 22.2. The number of hydrogen-bond donors (Lipinski definition) is 3. The maximum Gasteiger partial charge on any atom is 0.307 e. The van der Waals surface area contributed by atoms with Crippen LogP contribution in [-0.2, 0) is 15.2 Å². The number of halogens is 1. The molecule has 0 saturated heterocycles. The van der Waals surface area contributed by atoms with Crippen LogP contribution in [0.5, 0.6) is 0 Å². The third kappa shape index (κ3) is 1.54. The van der Waals surface area contributed by atoms with Gasteiger partial charge in [0, 0.05) is 16.3 Å². The number of anilines is 1. The van der Waals surface area contributed by atoms with E-state index in [0.29, 0.717) is 10.7 Å². The van der Waals surface area contributed by atoms with Gasteiger partial charge in [0.25, 0.3) is 5.91 Å². The average molecular weight is 242 g/mol. The minimum absolute atomic E-state index is 0.201. The summed E-state index contributed by atoms with van der Waals surface area (Å²) in [7, 11) is 0. The summed E-state index contributed by atoms with van der Waals surface area (Å²) in [5, 5.41) is 21.5. The monoisotopic (exact) mass is 241 g/mol. The van der Waals surface area contributed by atoms with Crippen LogP contribution >= 0.6 is 11.6 Å². The molecule has 6 heteroatoms. The van der Waals surface area contributed by atoms with E-state index in [0.717, 1.165) is 0 Å². The number of carbonyl (C=O) groups is 2. The van der Waals surface area contributed by atoms with Gasteiger partial charge in [-0.2, -0.15) is 0 Å². The fraction of sp³-hybridized carbons (Fsp3) is 0.200. The Kier molecular flexibility index (Phi) is 2.36. The number of aliphatic hydroxyl groups is 1. The molecule has 0 spiro atoms. The lowest BCUT2D eigenvalue weighted by atomic mass is 9.92. The first-order valence-corrected chi connectivity index (χ1v) is 4.87. The Morgan fingerprint density at radius 1 is 1.50 bits per heavy atom. The molecular weight excluding hydrogens is 234 g/mol. The van der Waals surface area contributed by atoms with Crippen molar-refractivity contribution in [2.75, 3.05) is 5.32 Å². The van der Waals surface area contributed by atoms with Crippen molar-refractivity contribution in [1.29, 1.82) is 0 Å². The lowest BCUT2D eigenvalue weighted by Crippen LogP contribution is -2.36. The van der Waals surface area contributed by atoms with Crippen molar-refractivity contribution in [3.05, 3.63) is 28.8 Å². The maximum atomic E-state index is 11.5. The van der Waals surface area contributed by atoms with E-state index in [1.54, 1.807) is 6.07 Å². The van der Waals surface area contributed by atoms with E-state index in [1.807, 2.05) is 0 Å². The summed E-state index contributed by atoms with van der Waals surface area (Å²) < 4.78 is 0. The molecule has 1 heterocycles. The third-order valence-electron chi connectivity index (χ3n) is 2.46. The molecule has 0 saturated carbocycles. The van der Waals surface area contributed by atoms with Gasteiger partial charge in [-0.1, -0.05) is 11.6 Å². The molecule has 1 unspecified atom stereocenters. The predicted octanol–water partition coefficient (Wildman–Crippen LogP) is 0.954. The van der Waals surface area contributed by atoms with Crippen LogP contribution < -0.4 is 5.32 Å². The van der Waals surface area contributed by atoms with Crippen molar-refractivity contribution in [3.63, 3.8) is 0 Å². The number of carbonyl (C=O) groups excluding carboxylic acids is 1. The summed E-state index contributed by atoms with van der Waals surface area (Å²) in [6.45, 7) is 0. The molecule has 1 aromatic carbocycles. The van der Waals surface area contributed by atoms with Crippen molar-refractivity contribution in [2.45, 2.75) is 12.0 Å². The van der Waals surface area contributed by atoms with Gasteiger partial charge in [-0.15, -0.1) is 0 Å². The summed E-state index contributed by atoms with van der Waals surface area (Å²) in [5.74, 6) is -2.00. The van der Waals surface area contributed by atoms with Crippen LogP contribution in [0.3, 0.4) is 0 Å². The second-order valence-electron chi connectivity index (χ2n) is 3.57. The van der Waals surface area contributed by atoms with Crippen LogP contribution in [0.25, 0.3) is 0 Å². The highest BCUT2D eigenvalue weighted by molar-refractivity contribution is 6.31. The molecule has 1 aliphatic heterocycles. The number of carboxylic acid groups (broad SMARTS) is 1. The normalized spacial score (nSPS) is 22.8. The minimum Gasteiger partial charge on any atom is -0.481 e. The zero-order valence-corrected chi connectivity index (χ0v) is 8.78. The van der Waals surface area contributed by atoms with E-state index in [-0.39, 0.29) is 5.56 Å². The highest BCUT2D eigenvalue weighted by atomic mass is 35.5. The molecule has 1 aromatic rings. The molecule has 84 valence electrons. The summed E-state index contributed by atoms with van der Waals surface area (Å²) >= 11 is 5.74. The van der Waals surface area contributed by atoms with Gasteiger partial charge in [0.05, 0.1) is 6.42 Å². The minimum atomic E-state index is -2.04. The van der Waals surface area contributed by atoms with E-state index in [2.05, 4.69) is 5.32 Å². The maximum absolute atomic E-state index is 11.5. The summed E-state index contributed by atoms with van der Waals surface area (Å²) in [6, 6.07) is 4.46. The van der Waals surface area contributed by atoms with Gasteiger partial charge >= 0.3 is 5.97 Å². The number of nitrogens with one attached hydrogen (secondary N) is 1. The molecule has 2 rings (SSSR count). The molecule has 1 aliphatic rings. The number of benzene rings is 1. The molecule has 0 bridgehead atoms. The van der Waals surface area contributed by atoms with Gasteiger partial charge < -0.3 is 15.5 Å². The Morgan fingerprint density at radius 2 is 2.19 bits per heavy atom. The number of carboxylic acids is 1. The first kappa shape index (κ1) is 10.9. The van der Waals surface area contributed by atoms with Crippen LogP contribution in [0.15, 0.2) is 18.2 Å². The Labute approximate surface area is 95.6 Å². The number of aliphatic carboxylic acids is 1. The summed E-state index contributed by atoms with van der Waals surface area (Å²) in [6.07, 6.45) is -0.688. The Morgan fingerprint density at radius 3 is 2.81 bits per heavy atom. The van der Waals surface area contributed by atoms with Crippen LogP contribution in [0.2, 0.25) is 5.02 Å². The van der Waals surface area contributed by atoms with E-state index < -0.39 is 23.9 Å². The number of fused-ring (bicyclic) bond motifs is 1. The van der Waals surface area contributed by atoms with Crippen molar-refractivity contribution >= 4 is 29.2 Å². The van der Waals surface area contributed by atoms with Gasteiger partial charge in [-0.25, -0.2) is 0 Å². The van der Waals surface area contributed by atoms with Crippen molar-refractivity contribution < 1.29 is 19.8 Å². The van der Waals surface area contributed by atoms with Crippen LogP contribution in [0.4, 0.5) is 5.69 Å². The van der Waals surface area contributed by atoms with E-state index in [4.69, 9.17) is 16.7 Å². The van der Waals surface area contributed by atoms with Crippen LogP contribution in [0.1, 0.15) is 12.0 Å². The molecule has 1 atom stereocenters. The number of amides is 1. The first-order valence-electron chi connectivity index (χ1n) is 4.49. The topological polar surface area (TPSA) is 86.6 Å². The summed E-state index contributed by atoms with van der Waals surface area (Å²) in [5.41, 5.74) is -1.45.